The van der Waals surface area contributed by atoms with Gasteiger partial charge in [-0.25, -0.2) is 4.57 Å². The van der Waals surface area contributed by atoms with E-state index in [1.54, 1.807) is 0 Å². The SMILES string of the molecule is CCCCCCCCCCCCCCCCOCC(CN)OP(=O)(O)OCC[N+](C)(C)C. The van der Waals surface area contributed by atoms with E-state index in [0.29, 0.717) is 17.6 Å². The largest absolute Gasteiger partial charge is 0.472 e. The van der Waals surface area contributed by atoms with E-state index in [9.17, 15) is 9.46 Å². The quantitative estimate of drug-likeness (QED) is 0.105. The maximum atomic E-state index is 12.0. The number of ether oxygens (including phenoxy) is 1. The normalized spacial score (nSPS) is 15.1. The minimum atomic E-state index is -4.11. The van der Waals surface area contributed by atoms with Crippen molar-refractivity contribution in [3.63, 3.8) is 0 Å². The lowest BCUT2D eigenvalue weighted by Crippen LogP contribution is -2.37. The third kappa shape index (κ3) is 23.2. The van der Waals surface area contributed by atoms with Crippen molar-refractivity contribution in [2.24, 2.45) is 5.73 Å². The number of hydrogen-bond donors (Lipinski definition) is 2. The van der Waals surface area contributed by atoms with Gasteiger partial charge in [0.25, 0.3) is 0 Å². The summed E-state index contributed by atoms with van der Waals surface area (Å²) in [6.07, 6.45) is 17.9. The Bertz CT molecular complexity index is 460. The Balaban J connectivity index is 3.55. The number of nitrogens with two attached hydrogens (primary N) is 1. The second-order valence-corrected chi connectivity index (χ2v) is 11.4. The number of hydrogen-bond acceptors (Lipinski definition) is 5. The second kappa shape index (κ2) is 20.4. The van der Waals surface area contributed by atoms with Crippen LogP contribution in [0, 0.1) is 0 Å². The predicted molar refractivity (Wildman–Crippen MR) is 134 cm³/mol. The molecule has 0 bridgehead atoms. The van der Waals surface area contributed by atoms with Gasteiger partial charge in [0, 0.05) is 13.2 Å². The van der Waals surface area contributed by atoms with Crippen LogP contribution in [0.2, 0.25) is 0 Å². The topological polar surface area (TPSA) is 91.0 Å². The van der Waals surface area contributed by atoms with Crippen LogP contribution in [0.3, 0.4) is 0 Å². The Morgan fingerprint density at radius 2 is 1.28 bits per heavy atom. The van der Waals surface area contributed by atoms with Crippen LogP contribution >= 0.6 is 7.82 Å². The molecule has 0 saturated heterocycles. The zero-order chi connectivity index (χ0) is 24.1. The first-order valence-electron chi connectivity index (χ1n) is 12.9. The molecule has 0 aliphatic carbocycles. The number of rotatable bonds is 24. The average Bonchev–Trinajstić information content (AvgIpc) is 2.71. The monoisotopic (exact) mass is 481 g/mol. The van der Waals surface area contributed by atoms with E-state index in [4.69, 9.17) is 19.5 Å². The van der Waals surface area contributed by atoms with E-state index in [1.807, 2.05) is 21.1 Å². The summed E-state index contributed by atoms with van der Waals surface area (Å²) in [5.74, 6) is 0. The van der Waals surface area contributed by atoms with Crippen molar-refractivity contribution < 1.29 is 27.7 Å². The molecule has 2 atom stereocenters. The molecular weight excluding hydrogens is 427 g/mol. The van der Waals surface area contributed by atoms with Crippen LogP contribution in [0.5, 0.6) is 0 Å². The highest BCUT2D eigenvalue weighted by Crippen LogP contribution is 2.44. The molecular formula is C24H54N2O5P+. The molecule has 0 aromatic rings. The highest BCUT2D eigenvalue weighted by Gasteiger charge is 2.27. The Labute approximate surface area is 198 Å². The summed E-state index contributed by atoms with van der Waals surface area (Å²) in [5, 5.41) is 0. The van der Waals surface area contributed by atoms with Crippen LogP contribution in [-0.2, 0) is 18.3 Å². The molecule has 0 spiro atoms. The molecule has 0 aliphatic rings. The molecule has 0 fully saturated rings. The highest BCUT2D eigenvalue weighted by molar-refractivity contribution is 7.47. The fourth-order valence-corrected chi connectivity index (χ4v) is 4.30. The number of phosphoric ester groups is 1. The number of phosphoric acid groups is 1. The lowest BCUT2D eigenvalue weighted by atomic mass is 10.0. The molecule has 0 rings (SSSR count). The van der Waals surface area contributed by atoms with Crippen molar-refractivity contribution in [1.29, 1.82) is 0 Å². The van der Waals surface area contributed by atoms with Gasteiger partial charge >= 0.3 is 7.82 Å². The molecule has 0 saturated carbocycles. The van der Waals surface area contributed by atoms with Crippen LogP contribution in [-0.4, -0.2) is 69.5 Å². The standard InChI is InChI=1S/C24H53N2O5P/c1-5-6-7-8-9-10-11-12-13-14-15-16-17-18-20-29-23-24(22-25)31-32(27,28)30-21-19-26(2,3)4/h24H,5-23,25H2,1-4H3/p+1. The molecule has 0 heterocycles. The first-order valence-corrected chi connectivity index (χ1v) is 14.4. The Kier molecular flexibility index (Phi) is 20.4. The Hall–Kier alpha value is -0.0100. The van der Waals surface area contributed by atoms with Gasteiger partial charge in [-0.3, -0.25) is 9.05 Å². The van der Waals surface area contributed by atoms with Crippen LogP contribution in [0.15, 0.2) is 0 Å². The molecule has 0 aromatic carbocycles. The van der Waals surface area contributed by atoms with Gasteiger partial charge < -0.3 is 19.8 Å². The Morgan fingerprint density at radius 3 is 1.72 bits per heavy atom. The fraction of sp³-hybridized carbons (Fsp3) is 1.00. The third-order valence-corrected chi connectivity index (χ3v) is 6.58. The van der Waals surface area contributed by atoms with Crippen molar-refractivity contribution >= 4 is 7.82 Å². The van der Waals surface area contributed by atoms with Crippen LogP contribution in [0.4, 0.5) is 0 Å². The minimum absolute atomic E-state index is 0.113. The lowest BCUT2D eigenvalue weighted by Gasteiger charge is -2.25. The molecule has 0 aliphatic heterocycles. The average molecular weight is 482 g/mol. The minimum Gasteiger partial charge on any atom is -0.379 e. The summed E-state index contributed by atoms with van der Waals surface area (Å²) in [6, 6.07) is 0. The van der Waals surface area contributed by atoms with Crippen molar-refractivity contribution in [2.45, 2.75) is 103 Å². The van der Waals surface area contributed by atoms with Crippen LogP contribution < -0.4 is 5.73 Å². The molecule has 7 nitrogen and oxygen atoms in total. The van der Waals surface area contributed by atoms with Gasteiger partial charge in [0.05, 0.1) is 27.7 Å². The number of nitrogens with zero attached hydrogens (tertiary/aromatic N) is 1. The van der Waals surface area contributed by atoms with E-state index in [2.05, 4.69) is 6.92 Å². The summed E-state index contributed by atoms with van der Waals surface area (Å²) in [7, 11) is 1.85. The van der Waals surface area contributed by atoms with Gasteiger partial charge in [-0.1, -0.05) is 90.4 Å². The lowest BCUT2D eigenvalue weighted by molar-refractivity contribution is -0.870. The maximum Gasteiger partial charge on any atom is 0.472 e. The zero-order valence-corrected chi connectivity index (χ0v) is 22.5. The van der Waals surface area contributed by atoms with E-state index >= 15 is 0 Å². The number of unbranched alkanes of at least 4 members (excludes halogenated alkanes) is 13. The van der Waals surface area contributed by atoms with E-state index < -0.39 is 13.9 Å². The second-order valence-electron chi connectivity index (χ2n) is 9.95. The molecule has 3 N–H and O–H groups in total. The Morgan fingerprint density at radius 1 is 0.812 bits per heavy atom. The maximum absolute atomic E-state index is 12.0. The molecule has 0 amide bonds. The first kappa shape index (κ1) is 32.0. The van der Waals surface area contributed by atoms with Gasteiger partial charge in [-0.15, -0.1) is 0 Å². The van der Waals surface area contributed by atoms with Crippen LogP contribution in [0.25, 0.3) is 0 Å². The van der Waals surface area contributed by atoms with Gasteiger partial charge in [0.2, 0.25) is 0 Å². The van der Waals surface area contributed by atoms with E-state index in [0.717, 1.165) is 12.8 Å². The van der Waals surface area contributed by atoms with E-state index in [1.165, 1.54) is 77.0 Å². The molecule has 2 unspecified atom stereocenters. The van der Waals surface area contributed by atoms with Crippen molar-refractivity contribution in [3.05, 3.63) is 0 Å². The third-order valence-electron chi connectivity index (χ3n) is 5.51. The van der Waals surface area contributed by atoms with Crippen LogP contribution in [0.1, 0.15) is 96.8 Å². The van der Waals surface area contributed by atoms with Crippen molar-refractivity contribution in [2.75, 3.05) is 54.1 Å². The van der Waals surface area contributed by atoms with Crippen molar-refractivity contribution in [3.8, 4) is 0 Å². The zero-order valence-electron chi connectivity index (χ0n) is 21.6. The molecule has 0 radical (unpaired) electrons. The molecule has 194 valence electrons. The molecule has 32 heavy (non-hydrogen) atoms. The van der Waals surface area contributed by atoms with Crippen molar-refractivity contribution in [1.82, 2.24) is 0 Å². The molecule has 0 aromatic heterocycles. The number of likely N-dealkylation sites (N-methyl/N-ethyl adjacent to an activating group) is 1. The molecule has 8 heteroatoms. The van der Waals surface area contributed by atoms with Gasteiger partial charge in [-0.2, -0.15) is 0 Å². The predicted octanol–water partition coefficient (Wildman–Crippen LogP) is 5.65. The number of quaternary nitrogens is 1. The van der Waals surface area contributed by atoms with Gasteiger partial charge in [0.1, 0.15) is 19.3 Å². The summed E-state index contributed by atoms with van der Waals surface area (Å²) < 4.78 is 28.5. The van der Waals surface area contributed by atoms with Gasteiger partial charge in [-0.05, 0) is 6.42 Å². The first-order chi connectivity index (χ1) is 15.2. The summed E-state index contributed by atoms with van der Waals surface area (Å²) >= 11 is 0. The smallest absolute Gasteiger partial charge is 0.379 e. The summed E-state index contributed by atoms with van der Waals surface area (Å²) in [5.41, 5.74) is 5.65. The summed E-state index contributed by atoms with van der Waals surface area (Å²) in [6.45, 7) is 3.96. The highest BCUT2D eigenvalue weighted by atomic mass is 31.2. The fourth-order valence-electron chi connectivity index (χ4n) is 3.40. The van der Waals surface area contributed by atoms with Gasteiger partial charge in [0.15, 0.2) is 0 Å². The summed E-state index contributed by atoms with van der Waals surface area (Å²) in [4.78, 5) is 9.84. The van der Waals surface area contributed by atoms with E-state index in [-0.39, 0.29) is 19.8 Å².